The summed E-state index contributed by atoms with van der Waals surface area (Å²) >= 11 is 0. The molecule has 0 bridgehead atoms. The largest absolute Gasteiger partial charge is 0.299 e. The summed E-state index contributed by atoms with van der Waals surface area (Å²) in [6.07, 6.45) is 12.0. The Labute approximate surface area is 130 Å². The molecule has 0 aliphatic heterocycles. The number of fused-ring (bicyclic) bond motifs is 1. The predicted molar refractivity (Wildman–Crippen MR) is 90.1 cm³/mol. The Kier molecular flexibility index (Phi) is 4.91. The number of hydrogen-bond donors (Lipinski definition) is 0. The molecule has 2 aliphatic carbocycles. The van der Waals surface area contributed by atoms with Crippen LogP contribution in [0.5, 0.6) is 0 Å². The second kappa shape index (κ2) is 6.34. The smallest absolute Gasteiger partial charge is 0.136 e. The molecular formula is C20H30O. The molecule has 4 unspecified atom stereocenters. The first kappa shape index (κ1) is 16.3. The van der Waals surface area contributed by atoms with E-state index < -0.39 is 0 Å². The van der Waals surface area contributed by atoms with Crippen LogP contribution in [0.4, 0.5) is 0 Å². The molecule has 0 N–H and O–H groups in total. The Hall–Kier alpha value is -1.11. The van der Waals surface area contributed by atoms with Crippen molar-refractivity contribution in [3.05, 3.63) is 36.0 Å². The molecule has 21 heavy (non-hydrogen) atoms. The number of carbonyl (C=O) groups is 1. The van der Waals surface area contributed by atoms with Crippen LogP contribution in [0.25, 0.3) is 0 Å². The Balaban J connectivity index is 2.17. The highest BCUT2D eigenvalue weighted by molar-refractivity contribution is 5.81. The fraction of sp³-hybridized carbons (Fsp3) is 0.650. The third-order valence-electron chi connectivity index (χ3n) is 5.77. The van der Waals surface area contributed by atoms with Crippen molar-refractivity contribution in [3.63, 3.8) is 0 Å². The number of hydrogen-bond acceptors (Lipinski definition) is 1. The Morgan fingerprint density at radius 3 is 2.67 bits per heavy atom. The molecule has 0 heterocycles. The van der Waals surface area contributed by atoms with Crippen LogP contribution in [0.2, 0.25) is 0 Å². The minimum Gasteiger partial charge on any atom is -0.299 e. The quantitative estimate of drug-likeness (QED) is 0.627. The Morgan fingerprint density at radius 1 is 1.29 bits per heavy atom. The maximum Gasteiger partial charge on any atom is 0.136 e. The average Bonchev–Trinajstić information content (AvgIpc) is 2.66. The van der Waals surface area contributed by atoms with Crippen molar-refractivity contribution in [2.75, 3.05) is 0 Å². The molecule has 0 aromatic rings. The van der Waals surface area contributed by atoms with E-state index >= 15 is 0 Å². The number of ketones is 1. The van der Waals surface area contributed by atoms with Gasteiger partial charge >= 0.3 is 0 Å². The van der Waals surface area contributed by atoms with Gasteiger partial charge in [0.1, 0.15) is 5.78 Å². The van der Waals surface area contributed by atoms with E-state index in [1.165, 1.54) is 24.8 Å². The van der Waals surface area contributed by atoms with E-state index in [9.17, 15) is 4.79 Å². The highest BCUT2D eigenvalue weighted by atomic mass is 16.1. The maximum atomic E-state index is 12.2. The first-order chi connectivity index (χ1) is 9.83. The Morgan fingerprint density at radius 2 is 2.00 bits per heavy atom. The zero-order valence-corrected chi connectivity index (χ0v) is 14.1. The van der Waals surface area contributed by atoms with E-state index in [-0.39, 0.29) is 11.3 Å². The highest BCUT2D eigenvalue weighted by Gasteiger charge is 2.48. The van der Waals surface area contributed by atoms with Gasteiger partial charge in [0.15, 0.2) is 0 Å². The third kappa shape index (κ3) is 3.56. The van der Waals surface area contributed by atoms with Gasteiger partial charge in [-0.3, -0.25) is 4.79 Å². The van der Waals surface area contributed by atoms with Gasteiger partial charge in [-0.2, -0.15) is 0 Å². The van der Waals surface area contributed by atoms with Crippen molar-refractivity contribution >= 4 is 5.78 Å². The van der Waals surface area contributed by atoms with Crippen LogP contribution in [0.15, 0.2) is 36.0 Å². The minimum atomic E-state index is 0.236. The molecule has 0 radical (unpaired) electrons. The summed E-state index contributed by atoms with van der Waals surface area (Å²) in [7, 11) is 0. The molecule has 0 spiro atoms. The molecular weight excluding hydrogens is 256 g/mol. The van der Waals surface area contributed by atoms with E-state index in [0.717, 1.165) is 18.4 Å². The topological polar surface area (TPSA) is 17.1 Å². The molecule has 0 aromatic carbocycles. The molecule has 2 rings (SSSR count). The minimum absolute atomic E-state index is 0.236. The number of carbonyl (C=O) groups excluding carboxylic acids is 1. The van der Waals surface area contributed by atoms with E-state index in [2.05, 4.69) is 45.6 Å². The summed E-state index contributed by atoms with van der Waals surface area (Å²) < 4.78 is 0. The van der Waals surface area contributed by atoms with Crippen LogP contribution in [0.3, 0.4) is 0 Å². The molecule has 2 saturated carbocycles. The van der Waals surface area contributed by atoms with Crippen LogP contribution < -0.4 is 0 Å². The summed E-state index contributed by atoms with van der Waals surface area (Å²) in [5.74, 6) is 2.09. The molecule has 1 heteroatoms. The third-order valence-corrected chi connectivity index (χ3v) is 5.77. The van der Waals surface area contributed by atoms with Gasteiger partial charge < -0.3 is 0 Å². The summed E-state index contributed by atoms with van der Waals surface area (Å²) in [4.78, 5) is 12.2. The van der Waals surface area contributed by atoms with E-state index in [0.29, 0.717) is 17.6 Å². The van der Waals surface area contributed by atoms with Gasteiger partial charge in [0.25, 0.3) is 0 Å². The number of rotatable bonds is 3. The van der Waals surface area contributed by atoms with Gasteiger partial charge in [0.05, 0.1) is 0 Å². The van der Waals surface area contributed by atoms with Crippen molar-refractivity contribution < 1.29 is 4.79 Å². The first-order valence-electron chi connectivity index (χ1n) is 8.36. The van der Waals surface area contributed by atoms with Gasteiger partial charge in [0.2, 0.25) is 0 Å². The maximum absolute atomic E-state index is 12.2. The monoisotopic (exact) mass is 286 g/mol. The van der Waals surface area contributed by atoms with Crippen molar-refractivity contribution in [1.29, 1.82) is 0 Å². The van der Waals surface area contributed by atoms with Crippen LogP contribution in [-0.4, -0.2) is 5.78 Å². The highest BCUT2D eigenvalue weighted by Crippen LogP contribution is 2.55. The lowest BCUT2D eigenvalue weighted by atomic mass is 9.72. The molecule has 0 aromatic heterocycles. The van der Waals surface area contributed by atoms with Crippen molar-refractivity contribution in [1.82, 2.24) is 0 Å². The first-order valence-corrected chi connectivity index (χ1v) is 8.36. The molecule has 0 saturated heterocycles. The van der Waals surface area contributed by atoms with Crippen LogP contribution in [0.1, 0.15) is 59.8 Å². The average molecular weight is 286 g/mol. The zero-order valence-electron chi connectivity index (χ0n) is 14.1. The standard InChI is InChI=1S/C20H30O/c1-14(2)7-6-8-15(3)17-11-12-20(5)13-19(21)16(4)9-10-18(17)20/h6-8,16-18H,1,9-13H2,2-5H3. The molecule has 0 amide bonds. The molecule has 2 fully saturated rings. The molecule has 1 nitrogen and oxygen atoms in total. The van der Waals surface area contributed by atoms with Crippen LogP contribution in [-0.2, 0) is 4.79 Å². The van der Waals surface area contributed by atoms with E-state index in [1.807, 2.05) is 6.92 Å². The Bertz CT molecular complexity index is 482. The van der Waals surface area contributed by atoms with E-state index in [1.54, 1.807) is 0 Å². The fourth-order valence-electron chi connectivity index (χ4n) is 4.32. The summed E-state index contributed by atoms with van der Waals surface area (Å²) in [5, 5.41) is 0. The zero-order chi connectivity index (χ0) is 15.6. The molecule has 2 aliphatic rings. The number of allylic oxidation sites excluding steroid dienone is 5. The van der Waals surface area contributed by atoms with Crippen molar-refractivity contribution in [2.24, 2.45) is 23.2 Å². The lowest BCUT2D eigenvalue weighted by Gasteiger charge is -2.32. The summed E-state index contributed by atoms with van der Waals surface area (Å²) in [5.41, 5.74) is 2.80. The second-order valence-corrected chi connectivity index (χ2v) is 7.64. The lowest BCUT2D eigenvalue weighted by Crippen LogP contribution is -2.26. The van der Waals surface area contributed by atoms with E-state index in [4.69, 9.17) is 0 Å². The molecule has 4 atom stereocenters. The number of Topliss-reactive ketones (excluding diaryl/α,β-unsaturated/α-hetero) is 1. The summed E-state index contributed by atoms with van der Waals surface area (Å²) in [6, 6.07) is 0. The van der Waals surface area contributed by atoms with Crippen LogP contribution in [0, 0.1) is 23.2 Å². The van der Waals surface area contributed by atoms with Gasteiger partial charge in [0, 0.05) is 12.3 Å². The normalized spacial score (nSPS) is 37.6. The van der Waals surface area contributed by atoms with Gasteiger partial charge in [-0.25, -0.2) is 0 Å². The lowest BCUT2D eigenvalue weighted by molar-refractivity contribution is -0.124. The van der Waals surface area contributed by atoms with Gasteiger partial charge in [-0.1, -0.05) is 49.8 Å². The van der Waals surface area contributed by atoms with Gasteiger partial charge in [-0.05, 0) is 56.8 Å². The SMILES string of the molecule is C=C(C)C=CC=C(C)C1CCC2(C)CC(=O)C(C)CCC12. The van der Waals surface area contributed by atoms with Crippen molar-refractivity contribution in [2.45, 2.75) is 59.8 Å². The fourth-order valence-corrected chi connectivity index (χ4v) is 4.32. The second-order valence-electron chi connectivity index (χ2n) is 7.64. The molecule has 116 valence electrons. The van der Waals surface area contributed by atoms with Gasteiger partial charge in [-0.15, -0.1) is 0 Å². The predicted octanol–water partition coefficient (Wildman–Crippen LogP) is 5.49. The summed E-state index contributed by atoms with van der Waals surface area (Å²) in [6.45, 7) is 12.6. The van der Waals surface area contributed by atoms with Crippen molar-refractivity contribution in [3.8, 4) is 0 Å². The van der Waals surface area contributed by atoms with Crippen LogP contribution >= 0.6 is 0 Å².